The van der Waals surface area contributed by atoms with E-state index in [9.17, 15) is 0 Å². The Morgan fingerprint density at radius 2 is 2.08 bits per heavy atom. The molecule has 0 saturated heterocycles. The summed E-state index contributed by atoms with van der Waals surface area (Å²) in [5, 5.41) is 10.8. The predicted octanol–water partition coefficient (Wildman–Crippen LogP) is 2.23. The van der Waals surface area contributed by atoms with Gasteiger partial charge in [0.2, 0.25) is 0 Å². The Morgan fingerprint density at radius 1 is 1.29 bits per heavy atom. The van der Waals surface area contributed by atoms with Gasteiger partial charge in [-0.3, -0.25) is 9.67 Å². The van der Waals surface area contributed by atoms with E-state index < -0.39 is 0 Å². The van der Waals surface area contributed by atoms with Crippen LogP contribution in [0.4, 0.5) is 0 Å². The van der Waals surface area contributed by atoms with Crippen molar-refractivity contribution in [3.8, 4) is 5.75 Å². The fourth-order valence-corrected chi connectivity index (χ4v) is 2.36. The van der Waals surface area contributed by atoms with Crippen molar-refractivity contribution < 1.29 is 4.74 Å². The molecule has 0 saturated carbocycles. The third kappa shape index (κ3) is 6.38. The summed E-state index contributed by atoms with van der Waals surface area (Å²) in [6.45, 7) is 4.46. The summed E-state index contributed by atoms with van der Waals surface area (Å²) in [6, 6.07) is 8.16. The van der Waals surface area contributed by atoms with Crippen LogP contribution in [0.1, 0.15) is 11.1 Å². The standard InChI is InChI=1S/C17H25N5O.HI/c1-14-5-6-16(23-3)15(13-14)7-9-19-17(18-2)20-10-12-22-11-4-8-21-22;/h4-6,8,11,13H,7,9-10,12H2,1-3H3,(H2,18,19,20);1H. The van der Waals surface area contributed by atoms with Gasteiger partial charge in [0.15, 0.2) is 5.96 Å². The average molecular weight is 443 g/mol. The van der Waals surface area contributed by atoms with Crippen LogP contribution in [-0.4, -0.2) is 43.0 Å². The van der Waals surface area contributed by atoms with Gasteiger partial charge in [-0.25, -0.2) is 0 Å². The Hall–Kier alpha value is -1.77. The van der Waals surface area contributed by atoms with E-state index in [1.165, 1.54) is 11.1 Å². The van der Waals surface area contributed by atoms with Crippen LogP contribution in [0, 0.1) is 6.92 Å². The fourth-order valence-electron chi connectivity index (χ4n) is 2.36. The molecule has 24 heavy (non-hydrogen) atoms. The molecule has 132 valence electrons. The highest BCUT2D eigenvalue weighted by atomic mass is 127. The zero-order valence-electron chi connectivity index (χ0n) is 14.5. The van der Waals surface area contributed by atoms with Crippen LogP contribution in [-0.2, 0) is 13.0 Å². The molecule has 1 aromatic heterocycles. The van der Waals surface area contributed by atoms with Gasteiger partial charge in [-0.05, 0) is 31.0 Å². The number of aryl methyl sites for hydroxylation is 1. The molecule has 0 amide bonds. The number of methoxy groups -OCH3 is 1. The number of hydrogen-bond donors (Lipinski definition) is 2. The highest BCUT2D eigenvalue weighted by Crippen LogP contribution is 2.19. The first kappa shape index (κ1) is 20.3. The monoisotopic (exact) mass is 443 g/mol. The molecule has 0 fully saturated rings. The minimum Gasteiger partial charge on any atom is -0.496 e. The third-order valence-corrected chi connectivity index (χ3v) is 3.54. The molecule has 0 spiro atoms. The first-order valence-electron chi connectivity index (χ1n) is 7.78. The zero-order valence-corrected chi connectivity index (χ0v) is 16.8. The molecular formula is C17H26IN5O. The number of guanidine groups is 1. The normalized spacial score (nSPS) is 10.9. The van der Waals surface area contributed by atoms with Crippen LogP contribution in [0.15, 0.2) is 41.7 Å². The number of nitrogens with one attached hydrogen (secondary N) is 2. The maximum atomic E-state index is 5.41. The van der Waals surface area contributed by atoms with Crippen LogP contribution >= 0.6 is 24.0 Å². The highest BCUT2D eigenvalue weighted by molar-refractivity contribution is 14.0. The van der Waals surface area contributed by atoms with E-state index in [4.69, 9.17) is 4.74 Å². The van der Waals surface area contributed by atoms with E-state index >= 15 is 0 Å². The lowest BCUT2D eigenvalue weighted by molar-refractivity contribution is 0.409. The summed E-state index contributed by atoms with van der Waals surface area (Å²) in [4.78, 5) is 4.23. The smallest absolute Gasteiger partial charge is 0.191 e. The van der Waals surface area contributed by atoms with Crippen LogP contribution in [0.5, 0.6) is 5.75 Å². The van der Waals surface area contributed by atoms with Gasteiger partial charge < -0.3 is 15.4 Å². The largest absolute Gasteiger partial charge is 0.496 e. The van der Waals surface area contributed by atoms with Crippen LogP contribution in [0.25, 0.3) is 0 Å². The number of hydrogen-bond acceptors (Lipinski definition) is 3. The fraction of sp³-hybridized carbons (Fsp3) is 0.412. The first-order valence-corrected chi connectivity index (χ1v) is 7.78. The molecule has 0 atom stereocenters. The van der Waals surface area contributed by atoms with E-state index in [0.29, 0.717) is 0 Å². The number of aromatic nitrogens is 2. The summed E-state index contributed by atoms with van der Waals surface area (Å²) in [5.41, 5.74) is 2.44. The van der Waals surface area contributed by atoms with Gasteiger partial charge in [0.1, 0.15) is 5.75 Å². The Labute approximate surface area is 160 Å². The second-order valence-corrected chi connectivity index (χ2v) is 5.26. The number of nitrogens with zero attached hydrogens (tertiary/aromatic N) is 3. The molecule has 2 aromatic rings. The van der Waals surface area contributed by atoms with Crippen molar-refractivity contribution in [1.29, 1.82) is 0 Å². The topological polar surface area (TPSA) is 63.5 Å². The Kier molecular flexibility index (Phi) is 9.21. The van der Waals surface area contributed by atoms with E-state index in [2.05, 4.69) is 39.8 Å². The molecule has 1 aromatic carbocycles. The van der Waals surface area contributed by atoms with E-state index in [1.807, 2.05) is 23.0 Å². The van der Waals surface area contributed by atoms with Crippen molar-refractivity contribution in [3.63, 3.8) is 0 Å². The molecule has 0 radical (unpaired) electrons. The molecule has 2 N–H and O–H groups in total. The summed E-state index contributed by atoms with van der Waals surface area (Å²) in [7, 11) is 3.48. The lowest BCUT2D eigenvalue weighted by Gasteiger charge is -2.13. The molecule has 0 aliphatic carbocycles. The summed E-state index contributed by atoms with van der Waals surface area (Å²) >= 11 is 0. The summed E-state index contributed by atoms with van der Waals surface area (Å²) in [5.74, 6) is 1.72. The maximum Gasteiger partial charge on any atom is 0.191 e. The molecule has 1 heterocycles. The SMILES string of the molecule is CN=C(NCCc1cc(C)ccc1OC)NCCn1cccn1.I. The van der Waals surface area contributed by atoms with Crippen molar-refractivity contribution in [1.82, 2.24) is 20.4 Å². The van der Waals surface area contributed by atoms with Crippen LogP contribution in [0.2, 0.25) is 0 Å². The quantitative estimate of drug-likeness (QED) is 0.392. The summed E-state index contributed by atoms with van der Waals surface area (Å²) in [6.07, 6.45) is 4.61. The number of ether oxygens (including phenoxy) is 1. The minimum absolute atomic E-state index is 0. The third-order valence-electron chi connectivity index (χ3n) is 3.54. The highest BCUT2D eigenvalue weighted by Gasteiger charge is 2.04. The van der Waals surface area contributed by atoms with Gasteiger partial charge in [0.25, 0.3) is 0 Å². The minimum atomic E-state index is 0. The van der Waals surface area contributed by atoms with Crippen molar-refractivity contribution >= 4 is 29.9 Å². The lowest BCUT2D eigenvalue weighted by Crippen LogP contribution is -2.39. The van der Waals surface area contributed by atoms with Gasteiger partial charge >= 0.3 is 0 Å². The first-order chi connectivity index (χ1) is 11.2. The number of rotatable bonds is 7. The van der Waals surface area contributed by atoms with Crippen molar-refractivity contribution in [2.24, 2.45) is 4.99 Å². The van der Waals surface area contributed by atoms with Gasteiger partial charge in [-0.2, -0.15) is 5.10 Å². The number of benzene rings is 1. The second-order valence-electron chi connectivity index (χ2n) is 5.26. The molecule has 2 rings (SSSR count). The predicted molar refractivity (Wildman–Crippen MR) is 108 cm³/mol. The molecule has 0 unspecified atom stereocenters. The Balaban J connectivity index is 0.00000288. The maximum absolute atomic E-state index is 5.41. The summed E-state index contributed by atoms with van der Waals surface area (Å²) < 4.78 is 7.29. The Bertz CT molecular complexity index is 628. The van der Waals surface area contributed by atoms with E-state index in [-0.39, 0.29) is 24.0 Å². The van der Waals surface area contributed by atoms with Gasteiger partial charge in [-0.1, -0.05) is 17.7 Å². The second kappa shape index (κ2) is 10.9. The molecule has 0 aliphatic heterocycles. The molecule has 0 bridgehead atoms. The van der Waals surface area contributed by atoms with Gasteiger partial charge in [0, 0.05) is 32.5 Å². The lowest BCUT2D eigenvalue weighted by atomic mass is 10.1. The van der Waals surface area contributed by atoms with Crippen molar-refractivity contribution in [2.75, 3.05) is 27.2 Å². The number of aliphatic imine (C=N–C) groups is 1. The average Bonchev–Trinajstić information content (AvgIpc) is 3.07. The zero-order chi connectivity index (χ0) is 16.5. The molecule has 7 heteroatoms. The number of halogens is 1. The molecule has 6 nitrogen and oxygen atoms in total. The van der Waals surface area contributed by atoms with E-state index in [1.54, 1.807) is 20.4 Å². The van der Waals surface area contributed by atoms with Crippen molar-refractivity contribution in [3.05, 3.63) is 47.8 Å². The Morgan fingerprint density at radius 3 is 2.75 bits per heavy atom. The molecule has 0 aliphatic rings. The van der Waals surface area contributed by atoms with Crippen molar-refractivity contribution in [2.45, 2.75) is 19.9 Å². The van der Waals surface area contributed by atoms with Crippen LogP contribution in [0.3, 0.4) is 0 Å². The van der Waals surface area contributed by atoms with Gasteiger partial charge in [0.05, 0.1) is 13.7 Å². The molecular weight excluding hydrogens is 417 g/mol. The van der Waals surface area contributed by atoms with Crippen LogP contribution < -0.4 is 15.4 Å². The van der Waals surface area contributed by atoms with Gasteiger partial charge in [-0.15, -0.1) is 24.0 Å². The van der Waals surface area contributed by atoms with E-state index in [0.717, 1.165) is 37.8 Å².